The first-order chi connectivity index (χ1) is 13.2. The van der Waals surface area contributed by atoms with Crippen molar-refractivity contribution in [3.8, 4) is 10.4 Å². The molecule has 0 spiro atoms. The summed E-state index contributed by atoms with van der Waals surface area (Å²) < 4.78 is 0.874. The second-order valence-corrected chi connectivity index (χ2v) is 10.7. The van der Waals surface area contributed by atoms with Crippen LogP contribution in [0.15, 0.2) is 32.0 Å². The molecule has 10 heteroatoms. The number of hydrogen-bond donors (Lipinski definition) is 2. The second-order valence-electron chi connectivity index (χ2n) is 6.31. The van der Waals surface area contributed by atoms with E-state index in [1.165, 1.54) is 24.2 Å². The largest absolute Gasteiger partial charge is 0.357 e. The monoisotopic (exact) mass is 433 g/mol. The third-order valence-electron chi connectivity index (χ3n) is 4.22. The number of anilines is 1. The Balaban J connectivity index is 1.41. The fraction of sp³-hybridized carbons (Fsp3) is 0.294. The molecule has 0 aliphatic heterocycles. The third-order valence-corrected chi connectivity index (χ3v) is 8.05. The van der Waals surface area contributed by atoms with Crippen LogP contribution < -0.4 is 10.9 Å². The van der Waals surface area contributed by atoms with Gasteiger partial charge in [-0.2, -0.15) is 0 Å². The number of aromatic nitrogens is 4. The minimum atomic E-state index is -0.0829. The lowest BCUT2D eigenvalue weighted by Gasteiger charge is -2.08. The van der Waals surface area contributed by atoms with E-state index in [2.05, 4.69) is 20.5 Å². The Hall–Kier alpha value is -1.75. The number of fused-ring (bicyclic) bond motifs is 1. The normalized spacial score (nSPS) is 15.3. The van der Waals surface area contributed by atoms with Gasteiger partial charge >= 0.3 is 0 Å². The molecule has 1 saturated carbocycles. The van der Waals surface area contributed by atoms with E-state index < -0.39 is 0 Å². The second kappa shape index (κ2) is 7.01. The molecule has 1 atom stereocenters. The Bertz CT molecular complexity index is 1140. The van der Waals surface area contributed by atoms with Crippen LogP contribution in [0.4, 0.5) is 5.13 Å². The predicted octanol–water partition coefficient (Wildman–Crippen LogP) is 4.99. The van der Waals surface area contributed by atoms with Gasteiger partial charge in [-0.05, 0) is 31.2 Å². The summed E-state index contributed by atoms with van der Waals surface area (Å²) in [6.45, 7) is 2.03. The number of aromatic amines is 1. The molecule has 138 valence electrons. The van der Waals surface area contributed by atoms with E-state index >= 15 is 0 Å². The summed E-state index contributed by atoms with van der Waals surface area (Å²) in [7, 11) is 0. The van der Waals surface area contributed by atoms with Gasteiger partial charge in [-0.1, -0.05) is 29.2 Å². The highest BCUT2D eigenvalue weighted by Crippen LogP contribution is 2.38. The quantitative estimate of drug-likeness (QED) is 0.417. The van der Waals surface area contributed by atoms with E-state index in [0.717, 1.165) is 24.7 Å². The molecule has 4 aromatic heterocycles. The number of hydrogen-bond acceptors (Lipinski definition) is 9. The van der Waals surface area contributed by atoms with Crippen molar-refractivity contribution in [1.82, 2.24) is 20.2 Å². The average Bonchev–Trinajstić information content (AvgIpc) is 3.07. The highest BCUT2D eigenvalue weighted by Gasteiger charge is 2.23. The molecule has 0 radical (unpaired) electrons. The van der Waals surface area contributed by atoms with Crippen LogP contribution in [0.1, 0.15) is 30.8 Å². The molecular formula is C17H15N5OS4. The van der Waals surface area contributed by atoms with Crippen LogP contribution in [0.3, 0.4) is 0 Å². The summed E-state index contributed by atoms with van der Waals surface area (Å²) in [4.78, 5) is 22.3. The smallest absolute Gasteiger partial charge is 0.260 e. The molecule has 0 amide bonds. The van der Waals surface area contributed by atoms with Crippen LogP contribution in [0, 0.1) is 0 Å². The molecule has 4 heterocycles. The summed E-state index contributed by atoms with van der Waals surface area (Å²) in [6, 6.07) is 4.58. The van der Waals surface area contributed by atoms with Crippen LogP contribution in [0.25, 0.3) is 20.7 Å². The van der Waals surface area contributed by atoms with Gasteiger partial charge in [0.05, 0.1) is 10.6 Å². The summed E-state index contributed by atoms with van der Waals surface area (Å²) in [5.41, 5.74) is 0.881. The molecule has 1 unspecified atom stereocenters. The van der Waals surface area contributed by atoms with Crippen LogP contribution >= 0.6 is 45.8 Å². The lowest BCUT2D eigenvalue weighted by atomic mass is 10.2. The SMILES string of the molecule is CC(Sc1nnc(NC2CC2)s1)c1nc2scc(-c3cccs3)c2c(=O)[nH]1. The highest BCUT2D eigenvalue weighted by molar-refractivity contribution is 8.01. The zero-order valence-corrected chi connectivity index (χ0v) is 17.5. The van der Waals surface area contributed by atoms with Gasteiger partial charge in [-0.15, -0.1) is 32.9 Å². The van der Waals surface area contributed by atoms with Crippen molar-refractivity contribution in [3.63, 3.8) is 0 Å². The van der Waals surface area contributed by atoms with Crippen molar-refractivity contribution >= 4 is 61.1 Å². The predicted molar refractivity (Wildman–Crippen MR) is 114 cm³/mol. The topological polar surface area (TPSA) is 83.6 Å². The molecule has 5 rings (SSSR count). The third kappa shape index (κ3) is 3.54. The van der Waals surface area contributed by atoms with E-state index in [0.29, 0.717) is 17.3 Å². The highest BCUT2D eigenvalue weighted by atomic mass is 32.2. The number of thioether (sulfide) groups is 1. The van der Waals surface area contributed by atoms with Gasteiger partial charge in [-0.25, -0.2) is 4.98 Å². The van der Waals surface area contributed by atoms with Crippen molar-refractivity contribution < 1.29 is 0 Å². The molecule has 27 heavy (non-hydrogen) atoms. The van der Waals surface area contributed by atoms with Gasteiger partial charge < -0.3 is 10.3 Å². The zero-order chi connectivity index (χ0) is 18.4. The Labute approximate surface area is 171 Å². The summed E-state index contributed by atoms with van der Waals surface area (Å²) in [5, 5.41) is 17.3. The van der Waals surface area contributed by atoms with Gasteiger partial charge in [0.2, 0.25) is 5.13 Å². The summed E-state index contributed by atoms with van der Waals surface area (Å²) in [5.74, 6) is 0.670. The van der Waals surface area contributed by atoms with E-state index in [1.54, 1.807) is 34.4 Å². The molecule has 4 aromatic rings. The Morgan fingerprint density at radius 3 is 3.00 bits per heavy atom. The first-order valence-corrected chi connectivity index (χ1v) is 11.9. The number of H-pyrrole nitrogens is 1. The molecule has 1 aliphatic rings. The maximum absolute atomic E-state index is 12.7. The average molecular weight is 434 g/mol. The van der Waals surface area contributed by atoms with Gasteiger partial charge in [0, 0.05) is 21.9 Å². The number of nitrogens with zero attached hydrogens (tertiary/aromatic N) is 3. The summed E-state index contributed by atoms with van der Waals surface area (Å²) in [6.07, 6.45) is 2.41. The fourth-order valence-corrected chi connectivity index (χ4v) is 6.50. The van der Waals surface area contributed by atoms with Crippen LogP contribution in [0.2, 0.25) is 0 Å². The van der Waals surface area contributed by atoms with Crippen molar-refractivity contribution in [1.29, 1.82) is 0 Å². The molecule has 6 nitrogen and oxygen atoms in total. The zero-order valence-electron chi connectivity index (χ0n) is 14.3. The summed E-state index contributed by atoms with van der Waals surface area (Å²) >= 11 is 6.26. The van der Waals surface area contributed by atoms with E-state index in [9.17, 15) is 4.79 Å². The van der Waals surface area contributed by atoms with Crippen molar-refractivity contribution in [2.75, 3.05) is 5.32 Å². The Morgan fingerprint density at radius 2 is 2.22 bits per heavy atom. The fourth-order valence-electron chi connectivity index (χ4n) is 2.70. The van der Waals surface area contributed by atoms with E-state index in [1.807, 2.05) is 29.8 Å². The molecule has 1 aliphatic carbocycles. The Kier molecular flexibility index (Phi) is 4.50. The van der Waals surface area contributed by atoms with E-state index in [4.69, 9.17) is 4.98 Å². The first-order valence-electron chi connectivity index (χ1n) is 8.49. The van der Waals surface area contributed by atoms with Crippen LogP contribution in [0.5, 0.6) is 0 Å². The Morgan fingerprint density at radius 1 is 1.33 bits per heavy atom. The molecule has 0 bridgehead atoms. The number of thiophene rings is 2. The molecule has 1 fully saturated rings. The van der Waals surface area contributed by atoms with E-state index in [-0.39, 0.29) is 10.8 Å². The van der Waals surface area contributed by atoms with Crippen molar-refractivity contribution in [3.05, 3.63) is 39.1 Å². The molecule has 0 aromatic carbocycles. The van der Waals surface area contributed by atoms with Gasteiger partial charge in [0.15, 0.2) is 4.34 Å². The minimum absolute atomic E-state index is 0.0175. The minimum Gasteiger partial charge on any atom is -0.357 e. The standard InChI is InChI=1S/C17H15N5OS4/c1-8(26-17-22-21-16(27-17)18-9-4-5-9)13-19-14(23)12-10(7-25-15(12)20-13)11-3-2-6-24-11/h2-3,6-9H,4-5H2,1H3,(H,18,21)(H,19,20,23). The van der Waals surface area contributed by atoms with Gasteiger partial charge in [-0.3, -0.25) is 4.79 Å². The van der Waals surface area contributed by atoms with Gasteiger partial charge in [0.25, 0.3) is 5.56 Å². The van der Waals surface area contributed by atoms with Crippen molar-refractivity contribution in [2.24, 2.45) is 0 Å². The maximum Gasteiger partial charge on any atom is 0.260 e. The molecule has 2 N–H and O–H groups in total. The van der Waals surface area contributed by atoms with Gasteiger partial charge in [0.1, 0.15) is 10.7 Å². The lowest BCUT2D eigenvalue weighted by Crippen LogP contribution is -2.12. The van der Waals surface area contributed by atoms with Crippen LogP contribution in [-0.2, 0) is 0 Å². The first kappa shape index (κ1) is 17.4. The number of nitrogens with one attached hydrogen (secondary N) is 2. The lowest BCUT2D eigenvalue weighted by molar-refractivity contribution is 0.919. The maximum atomic E-state index is 12.7. The van der Waals surface area contributed by atoms with Crippen LogP contribution in [-0.4, -0.2) is 26.2 Å². The number of rotatable bonds is 6. The molecule has 0 saturated heterocycles. The molecular weight excluding hydrogens is 418 g/mol. The van der Waals surface area contributed by atoms with Crippen molar-refractivity contribution in [2.45, 2.75) is 35.4 Å².